The molecule has 36 heavy (non-hydrogen) atoms. The summed E-state index contributed by atoms with van der Waals surface area (Å²) in [4.78, 5) is 45.0. The van der Waals surface area contributed by atoms with Crippen molar-refractivity contribution in [2.75, 3.05) is 25.5 Å². The van der Waals surface area contributed by atoms with Crippen LogP contribution in [-0.2, 0) is 9.59 Å². The van der Waals surface area contributed by atoms with Crippen LogP contribution in [0.2, 0.25) is 10.0 Å². The predicted molar refractivity (Wildman–Crippen MR) is 129 cm³/mol. The summed E-state index contributed by atoms with van der Waals surface area (Å²) in [5.74, 6) is -1.66. The average Bonchev–Trinajstić information content (AvgIpc) is 3.23. The molecule has 2 aromatic rings. The molecule has 0 spiro atoms. The molecule has 0 unspecified atom stereocenters. The van der Waals surface area contributed by atoms with E-state index in [4.69, 9.17) is 28.0 Å². The van der Waals surface area contributed by atoms with E-state index in [9.17, 15) is 27.6 Å². The molecule has 14 heteroatoms. The Bertz CT molecular complexity index is 1020. The number of rotatable bonds is 5. The van der Waals surface area contributed by atoms with Gasteiger partial charge in [-0.3, -0.25) is 19.5 Å². The van der Waals surface area contributed by atoms with Gasteiger partial charge in [0.2, 0.25) is 0 Å². The summed E-state index contributed by atoms with van der Waals surface area (Å²) >= 11 is 12.1. The summed E-state index contributed by atoms with van der Waals surface area (Å²) in [5, 5.41) is 12.6. The van der Waals surface area contributed by atoms with Crippen molar-refractivity contribution in [3.8, 4) is 0 Å². The second-order valence-electron chi connectivity index (χ2n) is 7.75. The monoisotopic (exact) mass is 551 g/mol. The van der Waals surface area contributed by atoms with E-state index in [1.54, 1.807) is 18.2 Å². The number of halogens is 5. The molecular weight excluding hydrogens is 526 g/mol. The van der Waals surface area contributed by atoms with Gasteiger partial charge in [0.1, 0.15) is 24.7 Å². The fraction of sp³-hybridized carbons (Fsp3) is 0.409. The van der Waals surface area contributed by atoms with E-state index in [-0.39, 0.29) is 38.9 Å². The molecule has 198 valence electrons. The lowest BCUT2D eigenvalue weighted by atomic mass is 10.1. The molecule has 0 atom stereocenters. The van der Waals surface area contributed by atoms with Crippen LogP contribution < -0.4 is 10.6 Å². The van der Waals surface area contributed by atoms with Gasteiger partial charge >= 0.3 is 6.18 Å². The topological polar surface area (TPSA) is 124 Å². The molecule has 1 aromatic carbocycles. The maximum atomic E-state index is 12.5. The number of anilines is 1. The van der Waals surface area contributed by atoms with Crippen LogP contribution >= 0.6 is 23.2 Å². The summed E-state index contributed by atoms with van der Waals surface area (Å²) in [5.41, 5.74) is 0.621. The van der Waals surface area contributed by atoms with Crippen LogP contribution in [0.15, 0.2) is 24.4 Å². The Kier molecular flexibility index (Phi) is 12.6. The zero-order valence-electron chi connectivity index (χ0n) is 19.5. The lowest BCUT2D eigenvalue weighted by molar-refractivity contribution is -0.150. The van der Waals surface area contributed by atoms with Crippen molar-refractivity contribution in [2.45, 2.75) is 38.4 Å². The number of likely N-dealkylation sites (tertiary alicyclic amines) is 1. The number of piperidine rings is 1. The van der Waals surface area contributed by atoms with Crippen molar-refractivity contribution in [1.82, 2.24) is 20.4 Å². The number of hydrogen-bond acceptors (Lipinski definition) is 6. The number of amides is 2. The van der Waals surface area contributed by atoms with Crippen molar-refractivity contribution in [3.63, 3.8) is 0 Å². The zero-order chi connectivity index (χ0) is 27.5. The summed E-state index contributed by atoms with van der Waals surface area (Å²) in [7, 11) is 2.06. The van der Waals surface area contributed by atoms with E-state index in [0.29, 0.717) is 0 Å². The van der Waals surface area contributed by atoms with Crippen LogP contribution in [0.4, 0.5) is 18.9 Å². The number of hydrogen-bond donors (Lipinski definition) is 3. The number of benzene rings is 1. The minimum Gasteiger partial charge on any atom is -0.348 e. The van der Waals surface area contributed by atoms with E-state index < -0.39 is 24.3 Å². The quantitative estimate of drug-likeness (QED) is 0.513. The van der Waals surface area contributed by atoms with E-state index in [1.807, 2.05) is 6.79 Å². The Morgan fingerprint density at radius 1 is 1.14 bits per heavy atom. The highest BCUT2D eigenvalue weighted by atomic mass is 35.5. The Labute approximate surface area is 215 Å². The molecule has 2 heterocycles. The summed E-state index contributed by atoms with van der Waals surface area (Å²) < 4.78 is 33.3. The minimum absolute atomic E-state index is 0.101. The van der Waals surface area contributed by atoms with Crippen molar-refractivity contribution in [3.05, 3.63) is 45.7 Å². The lowest BCUT2D eigenvalue weighted by Gasteiger charge is -2.29. The van der Waals surface area contributed by atoms with Gasteiger partial charge in [0.15, 0.2) is 0 Å². The van der Waals surface area contributed by atoms with Crippen molar-refractivity contribution < 1.29 is 32.3 Å². The molecule has 0 aliphatic carbocycles. The first kappa shape index (κ1) is 31.1. The Morgan fingerprint density at radius 3 is 2.17 bits per heavy atom. The molecule has 0 radical (unpaired) electrons. The predicted octanol–water partition coefficient (Wildman–Crippen LogP) is 4.14. The van der Waals surface area contributed by atoms with Crippen molar-refractivity contribution >= 4 is 53.3 Å². The van der Waals surface area contributed by atoms with Gasteiger partial charge in [0, 0.05) is 6.04 Å². The molecule has 0 bridgehead atoms. The Balaban J connectivity index is 0.000000554. The maximum absolute atomic E-state index is 12.5. The molecule has 1 fully saturated rings. The zero-order valence-corrected chi connectivity index (χ0v) is 21.1. The normalized spacial score (nSPS) is 14.0. The minimum atomic E-state index is -4.33. The summed E-state index contributed by atoms with van der Waals surface area (Å²) in [6.45, 7) is 4.78. The van der Waals surface area contributed by atoms with Crippen molar-refractivity contribution in [1.29, 1.82) is 0 Å². The molecule has 1 aliphatic rings. The van der Waals surface area contributed by atoms with Gasteiger partial charge in [-0.25, -0.2) is 0 Å². The molecule has 1 aliphatic heterocycles. The van der Waals surface area contributed by atoms with E-state index >= 15 is 0 Å². The first-order valence-electron chi connectivity index (χ1n) is 10.5. The summed E-state index contributed by atoms with van der Waals surface area (Å²) in [6.07, 6.45) is -2.49. The second kappa shape index (κ2) is 14.6. The largest absolute Gasteiger partial charge is 0.395 e. The maximum Gasteiger partial charge on any atom is 0.395 e. The van der Waals surface area contributed by atoms with Gasteiger partial charge in [-0.05, 0) is 52.0 Å². The molecule has 0 saturated carbocycles. The highest BCUT2D eigenvalue weighted by Crippen LogP contribution is 2.26. The standard InChI is InChI=1S/C17H19Cl2N5O2.C4H5F3O.CH2O/c1-24-7-5-10(6-8-24)21-17(26)15-13(9-20-23-15)22-16(25)14-11(18)3-2-4-12(14)19;1-3(8)2-4(5,6)7;1-2/h2-4,9-10H,5-8H2,1H3,(H,20,23)(H,21,26)(H,22,25);2H2,1H3;1H2. The average molecular weight is 552 g/mol. The molecular formula is C22H26Cl2F3N5O4. The number of carbonyl (C=O) groups is 4. The number of nitrogens with zero attached hydrogens (tertiary/aromatic N) is 2. The number of H-pyrrole nitrogens is 1. The van der Waals surface area contributed by atoms with E-state index in [1.165, 1.54) is 6.20 Å². The first-order chi connectivity index (χ1) is 16.9. The van der Waals surface area contributed by atoms with Crippen molar-refractivity contribution in [2.24, 2.45) is 0 Å². The van der Waals surface area contributed by atoms with Gasteiger partial charge < -0.3 is 20.3 Å². The molecule has 1 aromatic heterocycles. The smallest absolute Gasteiger partial charge is 0.348 e. The SMILES string of the molecule is C=O.CC(=O)CC(F)(F)F.CN1CCC(NC(=O)c2[nH]ncc2NC(=O)c2c(Cl)cccc2Cl)CC1. The van der Waals surface area contributed by atoms with E-state index in [0.717, 1.165) is 32.9 Å². The van der Waals surface area contributed by atoms with Gasteiger partial charge in [-0.1, -0.05) is 29.3 Å². The second-order valence-corrected chi connectivity index (χ2v) is 8.57. The fourth-order valence-corrected chi connectivity index (χ4v) is 3.72. The fourth-order valence-electron chi connectivity index (χ4n) is 3.15. The van der Waals surface area contributed by atoms with Gasteiger partial charge in [0.05, 0.1) is 27.5 Å². The molecule has 3 N–H and O–H groups in total. The van der Waals surface area contributed by atoms with Gasteiger partial charge in [-0.2, -0.15) is 18.3 Å². The van der Waals surface area contributed by atoms with Crippen LogP contribution in [0, 0.1) is 0 Å². The van der Waals surface area contributed by atoms with Crippen LogP contribution in [0.3, 0.4) is 0 Å². The van der Waals surface area contributed by atoms with Crippen LogP contribution in [0.1, 0.15) is 47.0 Å². The Morgan fingerprint density at radius 2 is 1.69 bits per heavy atom. The Hall–Kier alpha value is -2.96. The van der Waals surface area contributed by atoms with Crippen LogP contribution in [0.25, 0.3) is 0 Å². The van der Waals surface area contributed by atoms with E-state index in [2.05, 4.69) is 32.8 Å². The third-order valence-corrected chi connectivity index (χ3v) is 5.44. The molecule has 3 rings (SSSR count). The highest BCUT2D eigenvalue weighted by Gasteiger charge is 2.28. The molecule has 2 amide bonds. The van der Waals surface area contributed by atoms with Crippen LogP contribution in [-0.4, -0.2) is 71.8 Å². The lowest BCUT2D eigenvalue weighted by Crippen LogP contribution is -2.43. The van der Waals surface area contributed by atoms with Gasteiger partial charge in [-0.15, -0.1) is 0 Å². The number of nitrogens with one attached hydrogen (secondary N) is 3. The molecule has 9 nitrogen and oxygen atoms in total. The van der Waals surface area contributed by atoms with Crippen LogP contribution in [0.5, 0.6) is 0 Å². The number of ketones is 1. The third kappa shape index (κ3) is 10.3. The molecule has 1 saturated heterocycles. The number of carbonyl (C=O) groups excluding carboxylic acids is 4. The van der Waals surface area contributed by atoms with Gasteiger partial charge in [0.25, 0.3) is 11.8 Å². The third-order valence-electron chi connectivity index (χ3n) is 4.81. The first-order valence-corrected chi connectivity index (χ1v) is 11.3. The number of aromatic nitrogens is 2. The number of aromatic amines is 1. The highest BCUT2D eigenvalue weighted by molar-refractivity contribution is 6.40. The number of Topliss-reactive ketones (excluding diaryl/α,β-unsaturated/α-hetero) is 1. The summed E-state index contributed by atoms with van der Waals surface area (Å²) in [6, 6.07) is 4.90. The number of alkyl halides is 3.